The maximum atomic E-state index is 13.7. The number of aromatic amines is 1. The van der Waals surface area contributed by atoms with E-state index in [0.29, 0.717) is 27.5 Å². The predicted molar refractivity (Wildman–Crippen MR) is 112 cm³/mol. The van der Waals surface area contributed by atoms with Gasteiger partial charge in [-0.3, -0.25) is 9.59 Å². The van der Waals surface area contributed by atoms with Crippen molar-refractivity contribution in [3.05, 3.63) is 50.6 Å². The Kier molecular flexibility index (Phi) is 6.04. The zero-order valence-electron chi connectivity index (χ0n) is 15.9. The molecule has 0 saturated heterocycles. The van der Waals surface area contributed by atoms with E-state index in [2.05, 4.69) is 15.3 Å². The first kappa shape index (κ1) is 20.3. The molecule has 0 aliphatic rings. The highest BCUT2D eigenvalue weighted by Gasteiger charge is 2.17. The number of hydrogen-bond acceptors (Lipinski definition) is 6. The summed E-state index contributed by atoms with van der Waals surface area (Å²) in [5, 5.41) is 2.89. The second-order valence-electron chi connectivity index (χ2n) is 6.27. The number of methoxy groups -OCH3 is 1. The number of anilines is 1. The average molecular weight is 422 g/mol. The van der Waals surface area contributed by atoms with E-state index in [9.17, 15) is 14.0 Å². The molecular weight excluding hydrogens is 401 g/mol. The smallest absolute Gasteiger partial charge is 0.259 e. The lowest BCUT2D eigenvalue weighted by molar-refractivity contribution is -0.115. The van der Waals surface area contributed by atoms with E-state index in [-0.39, 0.29) is 17.2 Å². The molecule has 1 aromatic carbocycles. The molecule has 3 rings (SSSR count). The number of thioether (sulfide) groups is 1. The number of carbonyl (C=O) groups excluding carboxylic acids is 1. The summed E-state index contributed by atoms with van der Waals surface area (Å²) in [6.45, 7) is 5.62. The Bertz CT molecular complexity index is 1090. The lowest BCUT2D eigenvalue weighted by Crippen LogP contribution is -2.23. The van der Waals surface area contributed by atoms with Crippen LogP contribution in [0, 0.1) is 19.7 Å². The summed E-state index contributed by atoms with van der Waals surface area (Å²) in [5.41, 5.74) is 1.15. The molecule has 1 unspecified atom stereocenters. The quantitative estimate of drug-likeness (QED) is 0.628. The Balaban J connectivity index is 1.65. The number of H-pyrrole nitrogens is 1. The van der Waals surface area contributed by atoms with Gasteiger partial charge in [-0.05, 0) is 38.5 Å². The van der Waals surface area contributed by atoms with Crippen LogP contribution in [0.25, 0.3) is 10.2 Å². The van der Waals surface area contributed by atoms with Crippen LogP contribution in [0.2, 0.25) is 0 Å². The molecule has 2 N–H and O–H groups in total. The molecule has 0 fully saturated rings. The van der Waals surface area contributed by atoms with Gasteiger partial charge in [0.2, 0.25) is 5.91 Å². The summed E-state index contributed by atoms with van der Waals surface area (Å²) >= 11 is 2.83. The molecule has 2 aromatic heterocycles. The van der Waals surface area contributed by atoms with Crippen molar-refractivity contribution in [3.63, 3.8) is 0 Å². The van der Waals surface area contributed by atoms with Crippen LogP contribution in [0.5, 0.6) is 5.75 Å². The summed E-state index contributed by atoms with van der Waals surface area (Å²) < 4.78 is 18.6. The van der Waals surface area contributed by atoms with Crippen LogP contribution in [-0.4, -0.2) is 28.2 Å². The number of carbonyl (C=O) groups is 1. The van der Waals surface area contributed by atoms with E-state index in [1.54, 1.807) is 13.0 Å². The number of thiophene rings is 1. The molecule has 0 aliphatic heterocycles. The van der Waals surface area contributed by atoms with Gasteiger partial charge in [0.05, 0.1) is 23.5 Å². The molecular formula is C19H20FN3O3S2. The van der Waals surface area contributed by atoms with Crippen molar-refractivity contribution >= 4 is 44.9 Å². The van der Waals surface area contributed by atoms with Gasteiger partial charge in [-0.25, -0.2) is 9.37 Å². The Morgan fingerprint density at radius 1 is 1.43 bits per heavy atom. The van der Waals surface area contributed by atoms with E-state index >= 15 is 0 Å². The first-order chi connectivity index (χ1) is 13.3. The SMILES string of the molecule is COc1ccc(NC(=O)C(C)SCc2nc3sc(C)c(C)c3c(=O)[nH]2)cc1F. The summed E-state index contributed by atoms with van der Waals surface area (Å²) in [7, 11) is 1.38. The third kappa shape index (κ3) is 4.20. The van der Waals surface area contributed by atoms with Gasteiger partial charge in [0.25, 0.3) is 5.56 Å². The van der Waals surface area contributed by atoms with Crippen molar-refractivity contribution in [2.75, 3.05) is 12.4 Å². The van der Waals surface area contributed by atoms with E-state index in [1.165, 1.54) is 42.3 Å². The van der Waals surface area contributed by atoms with Crippen LogP contribution in [0.1, 0.15) is 23.2 Å². The molecule has 0 radical (unpaired) electrons. The maximum Gasteiger partial charge on any atom is 0.259 e. The molecule has 28 heavy (non-hydrogen) atoms. The van der Waals surface area contributed by atoms with Crippen molar-refractivity contribution in [2.45, 2.75) is 31.8 Å². The largest absolute Gasteiger partial charge is 0.494 e. The van der Waals surface area contributed by atoms with E-state index < -0.39 is 11.1 Å². The Morgan fingerprint density at radius 3 is 2.86 bits per heavy atom. The molecule has 3 aromatic rings. The summed E-state index contributed by atoms with van der Waals surface area (Å²) in [6.07, 6.45) is 0. The van der Waals surface area contributed by atoms with Gasteiger partial charge in [0.15, 0.2) is 11.6 Å². The lowest BCUT2D eigenvalue weighted by Gasteiger charge is -2.12. The number of halogens is 1. The number of hydrogen-bond donors (Lipinski definition) is 2. The number of ether oxygens (including phenoxy) is 1. The molecule has 0 aliphatic carbocycles. The van der Waals surface area contributed by atoms with Crippen molar-refractivity contribution in [2.24, 2.45) is 0 Å². The van der Waals surface area contributed by atoms with Gasteiger partial charge in [-0.1, -0.05) is 0 Å². The standard InChI is InChI=1S/C19H20FN3O3S2/c1-9-10(2)28-19-16(9)18(25)22-15(23-19)8-27-11(3)17(24)21-12-5-6-14(26-4)13(20)7-12/h5-7,11H,8H2,1-4H3,(H,21,24)(H,22,23,25). The number of nitrogens with one attached hydrogen (secondary N) is 2. The number of nitrogens with zero attached hydrogens (tertiary/aromatic N) is 1. The molecule has 6 nitrogen and oxygen atoms in total. The van der Waals surface area contributed by atoms with E-state index in [1.807, 2.05) is 13.8 Å². The number of amides is 1. The number of aryl methyl sites for hydroxylation is 2. The van der Waals surface area contributed by atoms with Crippen molar-refractivity contribution in [1.82, 2.24) is 9.97 Å². The summed E-state index contributed by atoms with van der Waals surface area (Å²) in [4.78, 5) is 33.7. The van der Waals surface area contributed by atoms with E-state index in [0.717, 1.165) is 10.4 Å². The van der Waals surface area contributed by atoms with Crippen LogP contribution >= 0.6 is 23.1 Å². The minimum absolute atomic E-state index is 0.116. The predicted octanol–water partition coefficient (Wildman–Crippen LogP) is 4.01. The van der Waals surface area contributed by atoms with Gasteiger partial charge >= 0.3 is 0 Å². The van der Waals surface area contributed by atoms with Crippen LogP contribution in [0.3, 0.4) is 0 Å². The van der Waals surface area contributed by atoms with Crippen molar-refractivity contribution < 1.29 is 13.9 Å². The number of fused-ring (bicyclic) bond motifs is 1. The van der Waals surface area contributed by atoms with Crippen LogP contribution in [0.4, 0.5) is 10.1 Å². The number of aromatic nitrogens is 2. The third-order valence-electron chi connectivity index (χ3n) is 4.35. The summed E-state index contributed by atoms with van der Waals surface area (Å²) in [6, 6.07) is 4.24. The van der Waals surface area contributed by atoms with Gasteiger partial charge in [-0.2, -0.15) is 0 Å². The Labute approximate surface area is 169 Å². The fourth-order valence-electron chi connectivity index (χ4n) is 2.64. The molecule has 1 amide bonds. The molecule has 0 bridgehead atoms. The van der Waals surface area contributed by atoms with Gasteiger partial charge in [0, 0.05) is 16.6 Å². The second kappa shape index (κ2) is 8.32. The van der Waals surface area contributed by atoms with Gasteiger partial charge in [-0.15, -0.1) is 23.1 Å². The highest BCUT2D eigenvalue weighted by molar-refractivity contribution is 7.99. The molecule has 2 heterocycles. The lowest BCUT2D eigenvalue weighted by atomic mass is 10.2. The summed E-state index contributed by atoms with van der Waals surface area (Å²) in [5.74, 6) is 0.217. The van der Waals surface area contributed by atoms with Crippen LogP contribution in [-0.2, 0) is 10.5 Å². The normalized spacial score (nSPS) is 12.2. The fourth-order valence-corrected chi connectivity index (χ4v) is 4.44. The van der Waals surface area contributed by atoms with Crippen molar-refractivity contribution in [3.8, 4) is 5.75 Å². The van der Waals surface area contributed by atoms with Crippen molar-refractivity contribution in [1.29, 1.82) is 0 Å². The van der Waals surface area contributed by atoms with Gasteiger partial charge in [0.1, 0.15) is 10.7 Å². The Hall–Kier alpha value is -2.39. The molecule has 9 heteroatoms. The number of rotatable bonds is 6. The van der Waals surface area contributed by atoms with E-state index in [4.69, 9.17) is 4.74 Å². The highest BCUT2D eigenvalue weighted by atomic mass is 32.2. The van der Waals surface area contributed by atoms with Gasteiger partial charge < -0.3 is 15.0 Å². The topological polar surface area (TPSA) is 84.1 Å². The minimum atomic E-state index is -0.544. The Morgan fingerprint density at radius 2 is 2.18 bits per heavy atom. The maximum absolute atomic E-state index is 13.7. The molecule has 1 atom stereocenters. The molecule has 148 valence electrons. The number of benzene rings is 1. The zero-order chi connectivity index (χ0) is 20.4. The fraction of sp³-hybridized carbons (Fsp3) is 0.316. The van der Waals surface area contributed by atoms with Crippen LogP contribution < -0.4 is 15.6 Å². The highest BCUT2D eigenvalue weighted by Crippen LogP contribution is 2.27. The first-order valence-electron chi connectivity index (χ1n) is 8.55. The zero-order valence-corrected chi connectivity index (χ0v) is 17.5. The first-order valence-corrected chi connectivity index (χ1v) is 10.4. The minimum Gasteiger partial charge on any atom is -0.494 e. The molecule has 0 spiro atoms. The average Bonchev–Trinajstić information content (AvgIpc) is 2.94. The third-order valence-corrected chi connectivity index (χ3v) is 6.60. The second-order valence-corrected chi connectivity index (χ2v) is 8.80. The molecule has 0 saturated carbocycles. The monoisotopic (exact) mass is 421 g/mol. The van der Waals surface area contributed by atoms with Crippen LogP contribution in [0.15, 0.2) is 23.0 Å².